The van der Waals surface area contributed by atoms with E-state index in [4.69, 9.17) is 5.73 Å². The van der Waals surface area contributed by atoms with Crippen molar-refractivity contribution in [2.75, 3.05) is 5.73 Å². The molecular weight excluding hydrogens is 256 g/mol. The molecule has 1 heterocycles. The Bertz CT molecular complexity index is 599. The van der Waals surface area contributed by atoms with Gasteiger partial charge in [-0.2, -0.15) is 0 Å². The molecule has 1 fully saturated rings. The van der Waals surface area contributed by atoms with E-state index in [1.165, 1.54) is 30.6 Å². The van der Waals surface area contributed by atoms with Crippen molar-refractivity contribution >= 4 is 33.0 Å². The van der Waals surface area contributed by atoms with Crippen LogP contribution in [0.5, 0.6) is 0 Å². The third-order valence-corrected chi connectivity index (χ3v) is 4.82. The van der Waals surface area contributed by atoms with E-state index >= 15 is 0 Å². The summed E-state index contributed by atoms with van der Waals surface area (Å²) in [5.41, 5.74) is 6.50. The maximum Gasteiger partial charge on any atom is 0.261 e. The Hall–Kier alpha value is -1.55. The topological polar surface area (TPSA) is 55.1 Å². The van der Waals surface area contributed by atoms with Crippen molar-refractivity contribution in [2.24, 2.45) is 0 Å². The zero-order valence-electron chi connectivity index (χ0n) is 10.8. The molecular formula is C15H18N2OS. The Balaban J connectivity index is 1.77. The van der Waals surface area contributed by atoms with E-state index < -0.39 is 0 Å². The van der Waals surface area contributed by atoms with Gasteiger partial charge >= 0.3 is 0 Å². The monoisotopic (exact) mass is 274 g/mol. The van der Waals surface area contributed by atoms with Gasteiger partial charge in [0.2, 0.25) is 0 Å². The number of nitrogens with one attached hydrogen (secondary N) is 1. The number of carbonyl (C=O) groups excluding carboxylic acids is 1. The van der Waals surface area contributed by atoms with Crippen LogP contribution in [0.2, 0.25) is 0 Å². The van der Waals surface area contributed by atoms with Crippen LogP contribution in [0.3, 0.4) is 0 Å². The number of fused-ring (bicyclic) bond motifs is 1. The fraction of sp³-hybridized carbons (Fsp3) is 0.400. The molecule has 2 aromatic rings. The number of carbonyl (C=O) groups is 1. The molecule has 3 N–H and O–H groups in total. The molecule has 1 aliphatic carbocycles. The van der Waals surface area contributed by atoms with Crippen molar-refractivity contribution in [3.8, 4) is 0 Å². The first-order valence-electron chi connectivity index (χ1n) is 6.82. The van der Waals surface area contributed by atoms with Crippen molar-refractivity contribution in [2.45, 2.75) is 38.1 Å². The number of amides is 1. The van der Waals surface area contributed by atoms with Gasteiger partial charge in [0.05, 0.1) is 4.88 Å². The Morgan fingerprint density at radius 1 is 1.21 bits per heavy atom. The molecule has 3 rings (SSSR count). The van der Waals surface area contributed by atoms with E-state index in [0.717, 1.165) is 33.5 Å². The fourth-order valence-electron chi connectivity index (χ4n) is 2.68. The summed E-state index contributed by atoms with van der Waals surface area (Å²) in [4.78, 5) is 13.0. The molecule has 100 valence electrons. The second-order valence-corrected chi connectivity index (χ2v) is 6.30. The van der Waals surface area contributed by atoms with Gasteiger partial charge in [-0.25, -0.2) is 0 Å². The molecule has 0 aliphatic heterocycles. The SMILES string of the molecule is Nc1ccc2sc(C(=O)NC3CCCCC3)cc2c1. The minimum atomic E-state index is 0.0617. The van der Waals surface area contributed by atoms with Crippen molar-refractivity contribution < 1.29 is 4.79 Å². The van der Waals surface area contributed by atoms with Crippen molar-refractivity contribution in [1.29, 1.82) is 0 Å². The van der Waals surface area contributed by atoms with Gasteiger partial charge in [-0.15, -0.1) is 11.3 Å². The Morgan fingerprint density at radius 2 is 2.00 bits per heavy atom. The van der Waals surface area contributed by atoms with E-state index in [2.05, 4.69) is 5.32 Å². The summed E-state index contributed by atoms with van der Waals surface area (Å²) in [6.07, 6.45) is 5.99. The number of hydrogen-bond acceptors (Lipinski definition) is 3. The molecule has 1 aliphatic rings. The Labute approximate surface area is 116 Å². The summed E-state index contributed by atoms with van der Waals surface area (Å²) < 4.78 is 1.11. The van der Waals surface area contributed by atoms with Gasteiger partial charge < -0.3 is 11.1 Å². The van der Waals surface area contributed by atoms with Gasteiger partial charge in [-0.1, -0.05) is 19.3 Å². The molecule has 1 saturated carbocycles. The largest absolute Gasteiger partial charge is 0.399 e. The van der Waals surface area contributed by atoms with Crippen LogP contribution in [0.25, 0.3) is 10.1 Å². The number of anilines is 1. The molecule has 4 heteroatoms. The molecule has 3 nitrogen and oxygen atoms in total. The highest BCUT2D eigenvalue weighted by Crippen LogP contribution is 2.27. The second kappa shape index (κ2) is 5.21. The Kier molecular flexibility index (Phi) is 3.42. The lowest BCUT2D eigenvalue weighted by atomic mass is 9.95. The van der Waals surface area contributed by atoms with Gasteiger partial charge in [-0.05, 0) is 42.5 Å². The average molecular weight is 274 g/mol. The van der Waals surface area contributed by atoms with E-state index in [1.54, 1.807) is 0 Å². The molecule has 1 aromatic heterocycles. The minimum Gasteiger partial charge on any atom is -0.399 e. The van der Waals surface area contributed by atoms with Crippen LogP contribution >= 0.6 is 11.3 Å². The van der Waals surface area contributed by atoms with Crippen molar-refractivity contribution in [3.05, 3.63) is 29.1 Å². The quantitative estimate of drug-likeness (QED) is 0.823. The maximum absolute atomic E-state index is 12.2. The van der Waals surface area contributed by atoms with Crippen LogP contribution in [0.1, 0.15) is 41.8 Å². The highest BCUT2D eigenvalue weighted by Gasteiger charge is 2.18. The van der Waals surface area contributed by atoms with Gasteiger partial charge in [0, 0.05) is 16.4 Å². The highest BCUT2D eigenvalue weighted by molar-refractivity contribution is 7.20. The van der Waals surface area contributed by atoms with Crippen LogP contribution in [0, 0.1) is 0 Å². The first-order valence-corrected chi connectivity index (χ1v) is 7.64. The number of nitrogen functional groups attached to an aromatic ring is 1. The maximum atomic E-state index is 12.2. The summed E-state index contributed by atoms with van der Waals surface area (Å²) in [6, 6.07) is 8.07. The first kappa shape index (κ1) is 12.5. The summed E-state index contributed by atoms with van der Waals surface area (Å²) in [5, 5.41) is 4.21. The zero-order valence-corrected chi connectivity index (χ0v) is 11.6. The Morgan fingerprint density at radius 3 is 2.79 bits per heavy atom. The van der Waals surface area contributed by atoms with Gasteiger partial charge in [0.15, 0.2) is 0 Å². The minimum absolute atomic E-state index is 0.0617. The lowest BCUT2D eigenvalue weighted by Crippen LogP contribution is -2.35. The lowest BCUT2D eigenvalue weighted by Gasteiger charge is -2.22. The standard InChI is InChI=1S/C15H18N2OS/c16-11-6-7-13-10(8-11)9-14(19-13)15(18)17-12-4-2-1-3-5-12/h6-9,12H,1-5,16H2,(H,17,18). The normalized spacial score (nSPS) is 16.6. The number of nitrogens with two attached hydrogens (primary N) is 1. The second-order valence-electron chi connectivity index (χ2n) is 5.22. The molecule has 0 unspecified atom stereocenters. The highest BCUT2D eigenvalue weighted by atomic mass is 32.1. The third kappa shape index (κ3) is 2.73. The van der Waals surface area contributed by atoms with Crippen LogP contribution in [-0.2, 0) is 0 Å². The number of hydrogen-bond donors (Lipinski definition) is 2. The summed E-state index contributed by atoms with van der Waals surface area (Å²) >= 11 is 1.54. The first-order chi connectivity index (χ1) is 9.22. The third-order valence-electron chi connectivity index (χ3n) is 3.70. The van der Waals surface area contributed by atoms with Crippen LogP contribution in [0.4, 0.5) is 5.69 Å². The lowest BCUT2D eigenvalue weighted by molar-refractivity contribution is 0.0932. The molecule has 19 heavy (non-hydrogen) atoms. The zero-order chi connectivity index (χ0) is 13.2. The average Bonchev–Trinajstić information content (AvgIpc) is 2.83. The molecule has 0 atom stereocenters. The van der Waals surface area contributed by atoms with E-state index in [-0.39, 0.29) is 5.91 Å². The summed E-state index contributed by atoms with van der Waals surface area (Å²) in [6.45, 7) is 0. The van der Waals surface area contributed by atoms with Gasteiger partial charge in [0.1, 0.15) is 0 Å². The van der Waals surface area contributed by atoms with Crippen LogP contribution in [0.15, 0.2) is 24.3 Å². The van der Waals surface area contributed by atoms with Crippen molar-refractivity contribution in [3.63, 3.8) is 0 Å². The van der Waals surface area contributed by atoms with Crippen LogP contribution < -0.4 is 11.1 Å². The van der Waals surface area contributed by atoms with Crippen LogP contribution in [-0.4, -0.2) is 11.9 Å². The van der Waals surface area contributed by atoms with Gasteiger partial charge in [0.25, 0.3) is 5.91 Å². The van der Waals surface area contributed by atoms with Crippen molar-refractivity contribution in [1.82, 2.24) is 5.32 Å². The molecule has 0 saturated heterocycles. The number of rotatable bonds is 2. The van der Waals surface area contributed by atoms with Gasteiger partial charge in [-0.3, -0.25) is 4.79 Å². The molecule has 1 aromatic carbocycles. The van der Waals surface area contributed by atoms with E-state index in [1.807, 2.05) is 24.3 Å². The number of thiophene rings is 1. The molecule has 0 spiro atoms. The van der Waals surface area contributed by atoms with E-state index in [0.29, 0.717) is 6.04 Å². The molecule has 1 amide bonds. The summed E-state index contributed by atoms with van der Waals surface area (Å²) in [5.74, 6) is 0.0617. The smallest absolute Gasteiger partial charge is 0.261 e. The molecule has 0 radical (unpaired) electrons. The predicted octanol–water partition coefficient (Wildman–Crippen LogP) is 3.55. The van der Waals surface area contributed by atoms with E-state index in [9.17, 15) is 4.79 Å². The molecule has 0 bridgehead atoms. The fourth-order valence-corrected chi connectivity index (χ4v) is 3.62. The summed E-state index contributed by atoms with van der Waals surface area (Å²) in [7, 11) is 0. The number of benzene rings is 1. The predicted molar refractivity (Wildman–Crippen MR) is 80.6 cm³/mol.